The number of anilines is 1. The molecule has 1 atom stereocenters. The summed E-state index contributed by atoms with van der Waals surface area (Å²) in [6, 6.07) is 1.51. The van der Waals surface area contributed by atoms with Gasteiger partial charge < -0.3 is 15.6 Å². The van der Waals surface area contributed by atoms with E-state index in [0.717, 1.165) is 32.0 Å². The van der Waals surface area contributed by atoms with E-state index in [1.165, 1.54) is 18.9 Å². The summed E-state index contributed by atoms with van der Waals surface area (Å²) in [5, 5.41) is 6.62. The van der Waals surface area contributed by atoms with Gasteiger partial charge in [-0.1, -0.05) is 0 Å². The highest BCUT2D eigenvalue weighted by molar-refractivity contribution is 5.32. The molecule has 0 aromatic carbocycles. The number of nitrogens with one attached hydrogen (secondary N) is 3. The van der Waals surface area contributed by atoms with Gasteiger partial charge >= 0.3 is 0 Å². The van der Waals surface area contributed by atoms with Crippen molar-refractivity contribution in [1.29, 1.82) is 0 Å². The number of aryl methyl sites for hydroxylation is 1. The van der Waals surface area contributed by atoms with Crippen molar-refractivity contribution < 1.29 is 0 Å². The van der Waals surface area contributed by atoms with Gasteiger partial charge in [-0.25, -0.2) is 4.98 Å². The molecule has 94 valence electrons. The summed E-state index contributed by atoms with van der Waals surface area (Å²) < 4.78 is 0. The molecule has 1 aromatic heterocycles. The minimum atomic E-state index is -0.0978. The Morgan fingerprint density at radius 1 is 1.59 bits per heavy atom. The summed E-state index contributed by atoms with van der Waals surface area (Å²) in [7, 11) is 0. The van der Waals surface area contributed by atoms with Crippen LogP contribution in [0.4, 0.5) is 5.82 Å². The van der Waals surface area contributed by atoms with Gasteiger partial charge in [-0.2, -0.15) is 0 Å². The first-order chi connectivity index (χ1) is 8.24. The summed E-state index contributed by atoms with van der Waals surface area (Å²) in [5.74, 6) is 2.08. The Morgan fingerprint density at radius 2 is 2.47 bits per heavy atom. The molecular weight excluding hydrogens is 216 g/mol. The van der Waals surface area contributed by atoms with E-state index in [2.05, 4.69) is 20.6 Å². The first kappa shape index (κ1) is 12.1. The van der Waals surface area contributed by atoms with Crippen LogP contribution in [0.2, 0.25) is 0 Å². The molecule has 1 aromatic rings. The second-order valence-corrected chi connectivity index (χ2v) is 4.64. The van der Waals surface area contributed by atoms with Crippen LogP contribution in [0.15, 0.2) is 10.9 Å². The standard InChI is InChI=1S/C12H20N4O/c1-9-15-11(7-12(17)16-9)14-6-4-10-3-2-5-13-8-10/h7,10,13H,2-6,8H2,1H3,(H2,14,15,16,17). The number of aromatic amines is 1. The molecule has 0 saturated carbocycles. The summed E-state index contributed by atoms with van der Waals surface area (Å²) in [4.78, 5) is 18.1. The molecule has 0 aliphatic carbocycles. The van der Waals surface area contributed by atoms with Gasteiger partial charge in [0.25, 0.3) is 5.56 Å². The summed E-state index contributed by atoms with van der Waals surface area (Å²) >= 11 is 0. The van der Waals surface area contributed by atoms with E-state index in [4.69, 9.17) is 0 Å². The minimum Gasteiger partial charge on any atom is -0.370 e. The topological polar surface area (TPSA) is 69.8 Å². The highest BCUT2D eigenvalue weighted by Gasteiger charge is 2.12. The van der Waals surface area contributed by atoms with Crippen LogP contribution >= 0.6 is 0 Å². The highest BCUT2D eigenvalue weighted by atomic mass is 16.1. The lowest BCUT2D eigenvalue weighted by Gasteiger charge is -2.22. The van der Waals surface area contributed by atoms with E-state index < -0.39 is 0 Å². The number of aromatic nitrogens is 2. The van der Waals surface area contributed by atoms with Gasteiger partial charge in [0.1, 0.15) is 11.6 Å². The van der Waals surface area contributed by atoms with E-state index in [0.29, 0.717) is 11.6 Å². The van der Waals surface area contributed by atoms with Gasteiger partial charge in [-0.3, -0.25) is 4.79 Å². The van der Waals surface area contributed by atoms with Crippen molar-refractivity contribution in [2.24, 2.45) is 5.92 Å². The molecule has 2 heterocycles. The fourth-order valence-corrected chi connectivity index (χ4v) is 2.24. The molecule has 17 heavy (non-hydrogen) atoms. The molecule has 5 heteroatoms. The zero-order valence-corrected chi connectivity index (χ0v) is 10.3. The lowest BCUT2D eigenvalue weighted by atomic mass is 9.96. The SMILES string of the molecule is Cc1nc(NCCC2CCCNC2)cc(=O)[nH]1. The minimum absolute atomic E-state index is 0.0978. The fourth-order valence-electron chi connectivity index (χ4n) is 2.24. The Labute approximate surface area is 101 Å². The first-order valence-electron chi connectivity index (χ1n) is 6.26. The average molecular weight is 236 g/mol. The molecule has 5 nitrogen and oxygen atoms in total. The number of nitrogens with zero attached hydrogens (tertiary/aromatic N) is 1. The summed E-state index contributed by atoms with van der Waals surface area (Å²) in [5.41, 5.74) is -0.0978. The van der Waals surface area contributed by atoms with Crippen molar-refractivity contribution >= 4 is 5.82 Å². The quantitative estimate of drug-likeness (QED) is 0.726. The molecule has 0 amide bonds. The van der Waals surface area contributed by atoms with Crippen LogP contribution in [0.5, 0.6) is 0 Å². The van der Waals surface area contributed by atoms with Crippen LogP contribution in [0.25, 0.3) is 0 Å². The Bertz CT molecular complexity index is 409. The molecule has 0 bridgehead atoms. The Kier molecular flexibility index (Phi) is 4.14. The molecule has 1 unspecified atom stereocenters. The smallest absolute Gasteiger partial charge is 0.252 e. The van der Waals surface area contributed by atoms with E-state index in [1.807, 2.05) is 0 Å². The third kappa shape index (κ3) is 3.85. The van der Waals surface area contributed by atoms with Crippen molar-refractivity contribution in [1.82, 2.24) is 15.3 Å². The summed E-state index contributed by atoms with van der Waals surface area (Å²) in [6.45, 7) is 4.93. The molecule has 0 spiro atoms. The van der Waals surface area contributed by atoms with Crippen molar-refractivity contribution in [3.63, 3.8) is 0 Å². The molecule has 0 radical (unpaired) electrons. The predicted molar refractivity (Wildman–Crippen MR) is 68.3 cm³/mol. The third-order valence-electron chi connectivity index (χ3n) is 3.12. The van der Waals surface area contributed by atoms with Gasteiger partial charge in [0, 0.05) is 12.6 Å². The van der Waals surface area contributed by atoms with Gasteiger partial charge in [0.2, 0.25) is 0 Å². The number of rotatable bonds is 4. The Hall–Kier alpha value is -1.36. The van der Waals surface area contributed by atoms with E-state index in [-0.39, 0.29) is 5.56 Å². The van der Waals surface area contributed by atoms with Gasteiger partial charge in [0.15, 0.2) is 0 Å². The van der Waals surface area contributed by atoms with Crippen LogP contribution in [0.1, 0.15) is 25.1 Å². The van der Waals surface area contributed by atoms with Crippen molar-refractivity contribution in [2.75, 3.05) is 25.0 Å². The van der Waals surface area contributed by atoms with E-state index in [1.54, 1.807) is 6.92 Å². The molecule has 2 rings (SSSR count). The van der Waals surface area contributed by atoms with Gasteiger partial charge in [-0.15, -0.1) is 0 Å². The number of hydrogen-bond acceptors (Lipinski definition) is 4. The van der Waals surface area contributed by atoms with Gasteiger partial charge in [0.05, 0.1) is 0 Å². The maximum Gasteiger partial charge on any atom is 0.252 e. The number of H-pyrrole nitrogens is 1. The molecule has 1 aliphatic rings. The molecule has 1 fully saturated rings. The monoisotopic (exact) mass is 236 g/mol. The maximum atomic E-state index is 11.2. The maximum absolute atomic E-state index is 11.2. The fraction of sp³-hybridized carbons (Fsp3) is 0.667. The lowest BCUT2D eigenvalue weighted by molar-refractivity contribution is 0.364. The number of piperidine rings is 1. The predicted octanol–water partition coefficient (Wildman–Crippen LogP) is 0.880. The first-order valence-corrected chi connectivity index (χ1v) is 6.26. The molecule has 1 aliphatic heterocycles. The lowest BCUT2D eigenvalue weighted by Crippen LogP contribution is -2.30. The van der Waals surface area contributed by atoms with Crippen molar-refractivity contribution in [2.45, 2.75) is 26.2 Å². The second-order valence-electron chi connectivity index (χ2n) is 4.64. The highest BCUT2D eigenvalue weighted by Crippen LogP contribution is 2.13. The van der Waals surface area contributed by atoms with E-state index >= 15 is 0 Å². The summed E-state index contributed by atoms with van der Waals surface area (Å²) in [6.07, 6.45) is 3.70. The van der Waals surface area contributed by atoms with Crippen molar-refractivity contribution in [3.05, 3.63) is 22.2 Å². The van der Waals surface area contributed by atoms with Crippen LogP contribution in [-0.2, 0) is 0 Å². The largest absolute Gasteiger partial charge is 0.370 e. The zero-order chi connectivity index (χ0) is 12.1. The Balaban J connectivity index is 1.79. The van der Waals surface area contributed by atoms with Crippen LogP contribution < -0.4 is 16.2 Å². The molecule has 3 N–H and O–H groups in total. The van der Waals surface area contributed by atoms with Crippen molar-refractivity contribution in [3.8, 4) is 0 Å². The van der Waals surface area contributed by atoms with Crippen LogP contribution in [0.3, 0.4) is 0 Å². The van der Waals surface area contributed by atoms with Gasteiger partial charge in [-0.05, 0) is 45.2 Å². The third-order valence-corrected chi connectivity index (χ3v) is 3.12. The number of hydrogen-bond donors (Lipinski definition) is 3. The zero-order valence-electron chi connectivity index (χ0n) is 10.3. The molecule has 1 saturated heterocycles. The normalized spacial score (nSPS) is 20.2. The molecular formula is C12H20N4O. The second kappa shape index (κ2) is 5.82. The van der Waals surface area contributed by atoms with Crippen LogP contribution in [0, 0.1) is 12.8 Å². The van der Waals surface area contributed by atoms with Crippen LogP contribution in [-0.4, -0.2) is 29.6 Å². The Morgan fingerprint density at radius 3 is 3.18 bits per heavy atom. The van der Waals surface area contributed by atoms with E-state index in [9.17, 15) is 4.79 Å². The average Bonchev–Trinajstić information content (AvgIpc) is 2.29.